The van der Waals surface area contributed by atoms with Crippen LogP contribution in [0.2, 0.25) is 0 Å². The monoisotopic (exact) mass is 429 g/mol. The molecule has 0 saturated carbocycles. The smallest absolute Gasteiger partial charge is 0.246 e. The van der Waals surface area contributed by atoms with Crippen molar-refractivity contribution < 1.29 is 13.9 Å². The summed E-state index contributed by atoms with van der Waals surface area (Å²) < 4.78 is 22.6. The van der Waals surface area contributed by atoms with Crippen molar-refractivity contribution in [3.63, 3.8) is 0 Å². The number of nitrogens with zero attached hydrogens (tertiary/aromatic N) is 5. The highest BCUT2D eigenvalue weighted by Gasteiger charge is 2.29. The lowest BCUT2D eigenvalue weighted by molar-refractivity contribution is -0.125. The second-order valence-electron chi connectivity index (χ2n) is 7.54. The van der Waals surface area contributed by atoms with Gasteiger partial charge < -0.3 is 9.64 Å². The molecule has 8 heteroatoms. The van der Waals surface area contributed by atoms with Crippen LogP contribution in [0, 0.1) is 5.82 Å². The molecule has 0 spiro atoms. The van der Waals surface area contributed by atoms with E-state index in [1.807, 2.05) is 18.2 Å². The lowest BCUT2D eigenvalue weighted by atomic mass is 10.1. The summed E-state index contributed by atoms with van der Waals surface area (Å²) in [6.45, 7) is 4.66. The summed E-state index contributed by atoms with van der Waals surface area (Å²) in [5, 5.41) is 5.35. The molecule has 160 valence electrons. The fraction of sp³-hybridized carbons (Fsp3) is 0.167. The van der Waals surface area contributed by atoms with Gasteiger partial charge in [-0.05, 0) is 36.8 Å². The number of carbonyl (C=O) groups excluding carboxylic acids is 1. The summed E-state index contributed by atoms with van der Waals surface area (Å²) in [5.41, 5.74) is 1.40. The van der Waals surface area contributed by atoms with Gasteiger partial charge in [-0.15, -0.1) is 0 Å². The summed E-state index contributed by atoms with van der Waals surface area (Å²) in [7, 11) is 0. The van der Waals surface area contributed by atoms with Gasteiger partial charge in [-0.25, -0.2) is 19.0 Å². The molecule has 1 atom stereocenters. The Labute approximate surface area is 183 Å². The van der Waals surface area contributed by atoms with Gasteiger partial charge in [0.25, 0.3) is 0 Å². The molecular formula is C24H20FN5O2. The molecule has 0 unspecified atom stereocenters. The molecule has 0 bridgehead atoms. The van der Waals surface area contributed by atoms with Crippen LogP contribution in [0.3, 0.4) is 0 Å². The van der Waals surface area contributed by atoms with Crippen LogP contribution in [0.1, 0.15) is 12.5 Å². The van der Waals surface area contributed by atoms with Crippen LogP contribution in [0.5, 0.6) is 11.5 Å². The van der Waals surface area contributed by atoms with Gasteiger partial charge in [0.1, 0.15) is 29.3 Å². The Morgan fingerprint density at radius 1 is 1.19 bits per heavy atom. The molecule has 7 nitrogen and oxygen atoms in total. The number of benzene rings is 2. The maximum absolute atomic E-state index is 15.1. The van der Waals surface area contributed by atoms with Gasteiger partial charge in [0, 0.05) is 30.9 Å². The van der Waals surface area contributed by atoms with Gasteiger partial charge in [-0.2, -0.15) is 5.10 Å². The third kappa shape index (κ3) is 3.60. The van der Waals surface area contributed by atoms with E-state index in [0.29, 0.717) is 46.9 Å². The Kier molecular flexibility index (Phi) is 5.10. The number of fused-ring (bicyclic) bond motifs is 1. The largest absolute Gasteiger partial charge is 0.457 e. The highest BCUT2D eigenvalue weighted by molar-refractivity contribution is 5.91. The first kappa shape index (κ1) is 19.9. The minimum atomic E-state index is -0.455. The highest BCUT2D eigenvalue weighted by Crippen LogP contribution is 2.34. The van der Waals surface area contributed by atoms with Gasteiger partial charge in [-0.3, -0.25) is 4.79 Å². The van der Waals surface area contributed by atoms with Crippen LogP contribution in [0.25, 0.3) is 22.3 Å². The number of aromatic nitrogens is 4. The van der Waals surface area contributed by atoms with Gasteiger partial charge >= 0.3 is 0 Å². The maximum atomic E-state index is 15.1. The minimum Gasteiger partial charge on any atom is -0.457 e. The average Bonchev–Trinajstić information content (AvgIpc) is 3.45. The van der Waals surface area contributed by atoms with E-state index in [2.05, 4.69) is 16.5 Å². The first-order chi connectivity index (χ1) is 15.6. The van der Waals surface area contributed by atoms with E-state index < -0.39 is 5.82 Å². The average molecular weight is 429 g/mol. The quantitative estimate of drug-likeness (QED) is 0.440. The third-order valence-electron chi connectivity index (χ3n) is 5.54. The van der Waals surface area contributed by atoms with Crippen LogP contribution in [0.4, 0.5) is 4.39 Å². The van der Waals surface area contributed by atoms with Crippen molar-refractivity contribution in [2.24, 2.45) is 0 Å². The Balaban J connectivity index is 1.50. The van der Waals surface area contributed by atoms with Gasteiger partial charge in [0.05, 0.1) is 11.4 Å². The summed E-state index contributed by atoms with van der Waals surface area (Å²) in [4.78, 5) is 22.2. The molecule has 1 amide bonds. The number of hydrogen-bond acceptors (Lipinski definition) is 5. The Morgan fingerprint density at radius 2 is 2.03 bits per heavy atom. The fourth-order valence-corrected chi connectivity index (χ4v) is 3.98. The molecule has 2 aromatic carbocycles. The van der Waals surface area contributed by atoms with Gasteiger partial charge in [0.2, 0.25) is 5.91 Å². The molecule has 3 heterocycles. The normalized spacial score (nSPS) is 15.8. The maximum Gasteiger partial charge on any atom is 0.246 e. The number of rotatable bonds is 5. The zero-order valence-electron chi connectivity index (χ0n) is 17.2. The van der Waals surface area contributed by atoms with E-state index in [4.69, 9.17) is 9.84 Å². The van der Waals surface area contributed by atoms with Gasteiger partial charge in [0.15, 0.2) is 5.65 Å². The molecule has 0 aliphatic carbocycles. The molecule has 32 heavy (non-hydrogen) atoms. The third-order valence-corrected chi connectivity index (χ3v) is 5.54. The van der Waals surface area contributed by atoms with Crippen molar-refractivity contribution in [1.82, 2.24) is 24.6 Å². The molecule has 0 N–H and O–H groups in total. The number of hydrogen-bond donors (Lipinski definition) is 0. The van der Waals surface area contributed by atoms with Crippen LogP contribution in [-0.2, 0) is 4.79 Å². The Hall–Kier alpha value is -4.07. The van der Waals surface area contributed by atoms with E-state index in [1.165, 1.54) is 18.5 Å². The molecule has 1 aliphatic rings. The predicted molar refractivity (Wildman–Crippen MR) is 118 cm³/mol. The van der Waals surface area contributed by atoms with Crippen molar-refractivity contribution in [1.29, 1.82) is 0 Å². The zero-order valence-corrected chi connectivity index (χ0v) is 17.2. The minimum absolute atomic E-state index is 0.0613. The second kappa shape index (κ2) is 8.22. The Morgan fingerprint density at radius 3 is 2.81 bits per heavy atom. The van der Waals surface area contributed by atoms with Crippen molar-refractivity contribution in [3.05, 3.63) is 79.5 Å². The van der Waals surface area contributed by atoms with Crippen molar-refractivity contribution >= 4 is 16.9 Å². The summed E-state index contributed by atoms with van der Waals surface area (Å²) in [6, 6.07) is 13.8. The lowest BCUT2D eigenvalue weighted by Crippen LogP contribution is -2.27. The van der Waals surface area contributed by atoms with E-state index in [0.717, 1.165) is 6.42 Å². The SMILES string of the molecule is C=CC(=O)N1CC[C@H](n2nc(-c3ccc(Oc4ccccc4)cc3F)c3cncnc32)C1. The van der Waals surface area contributed by atoms with Crippen LogP contribution in [-0.4, -0.2) is 43.6 Å². The number of ether oxygens (including phenoxy) is 1. The molecule has 1 saturated heterocycles. The van der Waals surface area contributed by atoms with E-state index in [9.17, 15) is 4.79 Å². The number of likely N-dealkylation sites (tertiary alicyclic amines) is 1. The first-order valence-corrected chi connectivity index (χ1v) is 10.3. The predicted octanol–water partition coefficient (Wildman–Crippen LogP) is 4.38. The topological polar surface area (TPSA) is 73.1 Å². The first-order valence-electron chi connectivity index (χ1n) is 10.3. The fourth-order valence-electron chi connectivity index (χ4n) is 3.98. The van der Waals surface area contributed by atoms with Gasteiger partial charge in [-0.1, -0.05) is 24.8 Å². The van der Waals surface area contributed by atoms with E-state index in [1.54, 1.807) is 40.0 Å². The summed E-state index contributed by atoms with van der Waals surface area (Å²) in [6.07, 6.45) is 5.12. The standard InChI is InChI=1S/C24H20FN5O2/c1-2-22(31)29-11-10-16(14-29)30-24-20(13-26-15-27-24)23(28-30)19-9-8-18(12-21(19)25)32-17-6-4-3-5-7-17/h2-9,12-13,15-16H,1,10-11,14H2/t16-/m0/s1. The Bertz CT molecular complexity index is 1300. The van der Waals surface area contributed by atoms with Crippen molar-refractivity contribution in [2.45, 2.75) is 12.5 Å². The van der Waals surface area contributed by atoms with E-state index >= 15 is 4.39 Å². The molecule has 0 radical (unpaired) electrons. The number of para-hydroxylation sites is 1. The molecule has 1 aliphatic heterocycles. The number of carbonyl (C=O) groups is 1. The molecular weight excluding hydrogens is 409 g/mol. The molecule has 5 rings (SSSR count). The highest BCUT2D eigenvalue weighted by atomic mass is 19.1. The molecule has 4 aromatic rings. The van der Waals surface area contributed by atoms with Crippen LogP contribution >= 0.6 is 0 Å². The molecule has 1 fully saturated rings. The van der Waals surface area contributed by atoms with Crippen molar-refractivity contribution in [2.75, 3.05) is 13.1 Å². The number of halogens is 1. The van der Waals surface area contributed by atoms with Crippen molar-refractivity contribution in [3.8, 4) is 22.8 Å². The molecule has 2 aromatic heterocycles. The van der Waals surface area contributed by atoms with Crippen LogP contribution < -0.4 is 4.74 Å². The number of amides is 1. The van der Waals surface area contributed by atoms with Crippen LogP contribution in [0.15, 0.2) is 73.7 Å². The second-order valence-corrected chi connectivity index (χ2v) is 7.54. The summed E-state index contributed by atoms with van der Waals surface area (Å²) >= 11 is 0. The lowest BCUT2D eigenvalue weighted by Gasteiger charge is -2.14. The summed E-state index contributed by atoms with van der Waals surface area (Å²) in [5.74, 6) is 0.456. The zero-order chi connectivity index (χ0) is 22.1. The van der Waals surface area contributed by atoms with E-state index in [-0.39, 0.29) is 11.9 Å².